The molecule has 4 rings (SSSR count). The van der Waals surface area contributed by atoms with Crippen molar-refractivity contribution in [3.05, 3.63) is 46.1 Å². The summed E-state index contributed by atoms with van der Waals surface area (Å²) < 4.78 is 1.58. The average Bonchev–Trinajstić information content (AvgIpc) is 3.08. The van der Waals surface area contributed by atoms with Gasteiger partial charge in [-0.2, -0.15) is 4.52 Å². The first-order valence-corrected chi connectivity index (χ1v) is 9.73. The highest BCUT2D eigenvalue weighted by Gasteiger charge is 2.33. The van der Waals surface area contributed by atoms with Gasteiger partial charge in [0.15, 0.2) is 0 Å². The van der Waals surface area contributed by atoms with Gasteiger partial charge < -0.3 is 5.11 Å². The third-order valence-corrected chi connectivity index (χ3v) is 6.17. The molecule has 25 heavy (non-hydrogen) atoms. The summed E-state index contributed by atoms with van der Waals surface area (Å²) in [6, 6.07) is 9.15. The third-order valence-electron chi connectivity index (χ3n) is 5.10. The lowest BCUT2D eigenvalue weighted by Crippen LogP contribution is -2.40. The minimum atomic E-state index is 0.0454. The fourth-order valence-corrected chi connectivity index (χ4v) is 5.01. The second-order valence-corrected chi connectivity index (χ2v) is 8.05. The van der Waals surface area contributed by atoms with Crippen LogP contribution in [0.3, 0.4) is 0 Å². The van der Waals surface area contributed by atoms with Crippen molar-refractivity contribution in [2.45, 2.75) is 52.1 Å². The first-order valence-electron chi connectivity index (χ1n) is 8.92. The van der Waals surface area contributed by atoms with Crippen molar-refractivity contribution in [1.29, 1.82) is 0 Å². The predicted octanol–water partition coefficient (Wildman–Crippen LogP) is 4.08. The number of hydrogen-bond acceptors (Lipinski definition) is 5. The molecule has 2 atom stereocenters. The van der Waals surface area contributed by atoms with E-state index in [1.165, 1.54) is 30.4 Å². The Morgan fingerprint density at radius 2 is 2.12 bits per heavy atom. The van der Waals surface area contributed by atoms with Crippen LogP contribution >= 0.6 is 11.3 Å². The lowest BCUT2D eigenvalue weighted by atomic mass is 9.95. The van der Waals surface area contributed by atoms with E-state index in [1.807, 2.05) is 6.92 Å². The smallest absolute Gasteiger partial charge is 0.230 e. The maximum absolute atomic E-state index is 10.9. The number of aromatic hydroxyl groups is 1. The molecule has 0 bridgehead atoms. The minimum absolute atomic E-state index is 0.0454. The van der Waals surface area contributed by atoms with Crippen LogP contribution in [0.1, 0.15) is 54.1 Å². The highest BCUT2D eigenvalue weighted by Crippen LogP contribution is 2.42. The van der Waals surface area contributed by atoms with Crippen LogP contribution in [-0.4, -0.2) is 37.2 Å². The number of piperidine rings is 1. The summed E-state index contributed by atoms with van der Waals surface area (Å²) in [5.74, 6) is 0.913. The molecule has 1 fully saturated rings. The van der Waals surface area contributed by atoms with E-state index in [1.54, 1.807) is 15.9 Å². The third kappa shape index (κ3) is 2.93. The van der Waals surface area contributed by atoms with Crippen LogP contribution in [0.15, 0.2) is 24.3 Å². The van der Waals surface area contributed by atoms with Crippen molar-refractivity contribution < 1.29 is 5.11 Å². The van der Waals surface area contributed by atoms with Crippen molar-refractivity contribution in [2.24, 2.45) is 0 Å². The molecule has 0 unspecified atom stereocenters. The van der Waals surface area contributed by atoms with Crippen LogP contribution in [0.4, 0.5) is 0 Å². The van der Waals surface area contributed by atoms with Crippen LogP contribution in [0.5, 0.6) is 5.88 Å². The zero-order valence-electron chi connectivity index (χ0n) is 14.9. The number of rotatable bonds is 3. The summed E-state index contributed by atoms with van der Waals surface area (Å²) in [6.45, 7) is 7.31. The zero-order valence-corrected chi connectivity index (χ0v) is 15.8. The molecule has 132 valence electrons. The number of aromatic nitrogens is 3. The molecule has 6 heteroatoms. The molecule has 2 aromatic heterocycles. The van der Waals surface area contributed by atoms with E-state index >= 15 is 0 Å². The van der Waals surface area contributed by atoms with E-state index < -0.39 is 0 Å². The molecule has 3 aromatic rings. The number of nitrogens with zero attached hydrogens (tertiary/aromatic N) is 4. The standard InChI is InChI=1S/C19H24N4OS/c1-12-7-6-9-15(11-12)16(22-10-5-4-8-13(22)2)17-18(24)23-19(25-17)20-14(3)21-23/h6-7,9,11,13,16,24H,4-5,8,10H2,1-3H3/t13-,16-/m0/s1. The first-order chi connectivity index (χ1) is 12.0. The molecule has 3 heterocycles. The van der Waals surface area contributed by atoms with Crippen molar-refractivity contribution in [3.8, 4) is 5.88 Å². The Hall–Kier alpha value is -1.92. The molecule has 0 spiro atoms. The summed E-state index contributed by atoms with van der Waals surface area (Å²) in [5.41, 5.74) is 2.47. The number of hydrogen-bond donors (Lipinski definition) is 1. The van der Waals surface area contributed by atoms with Gasteiger partial charge in [0, 0.05) is 6.04 Å². The van der Waals surface area contributed by atoms with Gasteiger partial charge in [0.1, 0.15) is 5.82 Å². The lowest BCUT2D eigenvalue weighted by Gasteiger charge is -2.39. The highest BCUT2D eigenvalue weighted by molar-refractivity contribution is 7.17. The second-order valence-electron chi connectivity index (χ2n) is 7.04. The van der Waals surface area contributed by atoms with Crippen LogP contribution < -0.4 is 0 Å². The Morgan fingerprint density at radius 1 is 1.28 bits per heavy atom. The molecular weight excluding hydrogens is 332 g/mol. The highest BCUT2D eigenvalue weighted by atomic mass is 32.1. The summed E-state index contributed by atoms with van der Waals surface area (Å²) in [4.78, 5) is 8.66. The van der Waals surface area contributed by atoms with Gasteiger partial charge in [-0.15, -0.1) is 5.10 Å². The fraction of sp³-hybridized carbons (Fsp3) is 0.474. The molecular formula is C19H24N4OS. The number of thiazole rings is 1. The maximum atomic E-state index is 10.9. The lowest BCUT2D eigenvalue weighted by molar-refractivity contribution is 0.125. The molecule has 0 saturated carbocycles. The molecule has 0 radical (unpaired) electrons. The van der Waals surface area contributed by atoms with E-state index in [9.17, 15) is 5.11 Å². The number of benzene rings is 1. The Morgan fingerprint density at radius 3 is 2.84 bits per heavy atom. The van der Waals surface area contributed by atoms with Gasteiger partial charge in [-0.05, 0) is 45.7 Å². The van der Waals surface area contributed by atoms with Gasteiger partial charge in [0.25, 0.3) is 0 Å². The quantitative estimate of drug-likeness (QED) is 0.768. The van der Waals surface area contributed by atoms with E-state index in [4.69, 9.17) is 0 Å². The van der Waals surface area contributed by atoms with Crippen LogP contribution in [0, 0.1) is 13.8 Å². The number of aryl methyl sites for hydroxylation is 2. The van der Waals surface area contributed by atoms with Crippen molar-refractivity contribution in [2.75, 3.05) is 6.54 Å². The van der Waals surface area contributed by atoms with Gasteiger partial charge in [0.05, 0.1) is 10.9 Å². The summed E-state index contributed by atoms with van der Waals surface area (Å²) in [7, 11) is 0. The molecule has 1 N–H and O–H groups in total. The largest absolute Gasteiger partial charge is 0.492 e. The van der Waals surface area contributed by atoms with Crippen LogP contribution in [0.25, 0.3) is 4.96 Å². The van der Waals surface area contributed by atoms with Gasteiger partial charge in [-0.3, -0.25) is 4.90 Å². The summed E-state index contributed by atoms with van der Waals surface area (Å²) in [5, 5.41) is 15.2. The topological polar surface area (TPSA) is 53.7 Å². The van der Waals surface area contributed by atoms with E-state index in [0.717, 1.165) is 16.4 Å². The number of likely N-dealkylation sites (tertiary alicyclic amines) is 1. The predicted molar refractivity (Wildman–Crippen MR) is 100 cm³/mol. The molecule has 1 aliphatic heterocycles. The van der Waals surface area contributed by atoms with Crippen molar-refractivity contribution >= 4 is 16.3 Å². The Labute approximate surface area is 151 Å². The molecule has 1 aliphatic rings. The molecule has 5 nitrogen and oxygen atoms in total. The van der Waals surface area contributed by atoms with E-state index in [2.05, 4.69) is 53.1 Å². The van der Waals surface area contributed by atoms with E-state index in [-0.39, 0.29) is 11.9 Å². The Balaban J connectivity index is 1.86. The van der Waals surface area contributed by atoms with Gasteiger partial charge in [0.2, 0.25) is 10.8 Å². The first kappa shape index (κ1) is 16.5. The second kappa shape index (κ2) is 6.42. The SMILES string of the molecule is Cc1cccc([C@@H](c2sc3nc(C)nn3c2O)N2CCCC[C@@H]2C)c1. The molecule has 0 aliphatic carbocycles. The van der Waals surface area contributed by atoms with Gasteiger partial charge in [-0.25, -0.2) is 4.98 Å². The number of fused-ring (bicyclic) bond motifs is 1. The Kier molecular flexibility index (Phi) is 4.25. The van der Waals surface area contributed by atoms with Gasteiger partial charge in [-0.1, -0.05) is 47.6 Å². The van der Waals surface area contributed by atoms with Crippen molar-refractivity contribution in [3.63, 3.8) is 0 Å². The average molecular weight is 356 g/mol. The molecule has 1 saturated heterocycles. The van der Waals surface area contributed by atoms with E-state index in [0.29, 0.717) is 11.9 Å². The fourth-order valence-electron chi connectivity index (χ4n) is 3.86. The normalized spacial score (nSPS) is 20.2. The maximum Gasteiger partial charge on any atom is 0.230 e. The van der Waals surface area contributed by atoms with Crippen LogP contribution in [-0.2, 0) is 0 Å². The summed E-state index contributed by atoms with van der Waals surface area (Å²) >= 11 is 1.55. The summed E-state index contributed by atoms with van der Waals surface area (Å²) in [6.07, 6.45) is 3.68. The van der Waals surface area contributed by atoms with Crippen LogP contribution in [0.2, 0.25) is 0 Å². The minimum Gasteiger partial charge on any atom is -0.492 e. The van der Waals surface area contributed by atoms with Crippen molar-refractivity contribution in [1.82, 2.24) is 19.5 Å². The molecule has 0 amide bonds. The monoisotopic (exact) mass is 356 g/mol. The Bertz CT molecular complexity index is 900. The molecule has 1 aromatic carbocycles. The zero-order chi connectivity index (χ0) is 17.6. The van der Waals surface area contributed by atoms with Gasteiger partial charge >= 0.3 is 0 Å².